The molecular formula is C17H23ClN6O. The summed E-state index contributed by atoms with van der Waals surface area (Å²) in [5, 5.41) is 9.53. The smallest absolute Gasteiger partial charge is 0.161 e. The predicted molar refractivity (Wildman–Crippen MR) is 97.8 cm³/mol. The first-order chi connectivity index (χ1) is 11.7. The Labute approximate surface area is 152 Å². The number of rotatable bonds is 4. The number of halogens is 1. The van der Waals surface area contributed by atoms with Crippen LogP contribution in [0.15, 0.2) is 17.0 Å². The first-order valence-electron chi connectivity index (χ1n) is 8.56. The zero-order chi connectivity index (χ0) is 16.5. The van der Waals surface area contributed by atoms with Crippen LogP contribution < -0.4 is 0 Å². The lowest BCUT2D eigenvalue weighted by Gasteiger charge is -2.26. The summed E-state index contributed by atoms with van der Waals surface area (Å²) in [6.45, 7) is 8.09. The van der Waals surface area contributed by atoms with Crippen LogP contribution in [0.25, 0.3) is 22.3 Å². The van der Waals surface area contributed by atoms with Crippen LogP contribution in [0.2, 0.25) is 0 Å². The number of aryl methyl sites for hydroxylation is 2. The van der Waals surface area contributed by atoms with Crippen LogP contribution in [-0.2, 0) is 6.54 Å². The molecule has 0 spiro atoms. The van der Waals surface area contributed by atoms with Gasteiger partial charge in [0.15, 0.2) is 5.65 Å². The Morgan fingerprint density at radius 1 is 1.08 bits per heavy atom. The molecule has 0 saturated carbocycles. The molecule has 1 aliphatic rings. The number of hydrogen-bond donors (Lipinski definition) is 0. The molecule has 0 atom stereocenters. The Kier molecular flexibility index (Phi) is 5.34. The second-order valence-electron chi connectivity index (χ2n) is 6.43. The minimum absolute atomic E-state index is 0. The molecule has 0 unspecified atom stereocenters. The van der Waals surface area contributed by atoms with Gasteiger partial charge in [-0.25, -0.2) is 14.6 Å². The van der Waals surface area contributed by atoms with Crippen molar-refractivity contribution < 1.29 is 4.52 Å². The zero-order valence-electron chi connectivity index (χ0n) is 14.6. The summed E-state index contributed by atoms with van der Waals surface area (Å²) in [7, 11) is 0. The van der Waals surface area contributed by atoms with Crippen molar-refractivity contribution in [3.05, 3.63) is 24.0 Å². The normalized spacial score (nSPS) is 15.4. The Hall–Kier alpha value is -1.99. The van der Waals surface area contributed by atoms with E-state index >= 15 is 0 Å². The van der Waals surface area contributed by atoms with Gasteiger partial charge in [0.1, 0.15) is 12.1 Å². The van der Waals surface area contributed by atoms with Crippen LogP contribution in [-0.4, -0.2) is 49.4 Å². The number of likely N-dealkylation sites (tertiary alicyclic amines) is 1. The second-order valence-corrected chi connectivity index (χ2v) is 6.43. The molecule has 1 fully saturated rings. The number of fused-ring (bicyclic) bond motifs is 1. The van der Waals surface area contributed by atoms with Gasteiger partial charge in [0.05, 0.1) is 35.1 Å². The van der Waals surface area contributed by atoms with E-state index in [9.17, 15) is 0 Å². The molecule has 1 aliphatic heterocycles. The molecule has 0 radical (unpaired) electrons. The first-order valence-corrected chi connectivity index (χ1v) is 8.56. The third-order valence-electron chi connectivity index (χ3n) is 4.78. The topological polar surface area (TPSA) is 72.9 Å². The molecule has 0 amide bonds. The van der Waals surface area contributed by atoms with Gasteiger partial charge in [0, 0.05) is 6.54 Å². The van der Waals surface area contributed by atoms with Crippen molar-refractivity contribution in [1.29, 1.82) is 0 Å². The molecule has 8 heteroatoms. The van der Waals surface area contributed by atoms with Gasteiger partial charge in [0.2, 0.25) is 0 Å². The van der Waals surface area contributed by atoms with E-state index in [1.54, 1.807) is 6.33 Å². The van der Waals surface area contributed by atoms with Gasteiger partial charge in [-0.05, 0) is 39.8 Å². The lowest BCUT2D eigenvalue weighted by molar-refractivity contribution is 0.219. The Balaban J connectivity index is 0.00000182. The zero-order valence-corrected chi connectivity index (χ0v) is 15.4. The maximum atomic E-state index is 5.29. The van der Waals surface area contributed by atoms with E-state index in [4.69, 9.17) is 4.52 Å². The molecule has 0 aromatic carbocycles. The highest BCUT2D eigenvalue weighted by molar-refractivity contribution is 5.91. The van der Waals surface area contributed by atoms with Crippen molar-refractivity contribution in [3.8, 4) is 11.3 Å². The van der Waals surface area contributed by atoms with Gasteiger partial charge >= 0.3 is 0 Å². The molecular weight excluding hydrogens is 340 g/mol. The lowest BCUT2D eigenvalue weighted by atomic mass is 10.1. The SMILES string of the molecule is Cc1noc(C)c1-c1ncnc2c1cnn2CCN1CCCCC1.Cl. The molecule has 7 nitrogen and oxygen atoms in total. The highest BCUT2D eigenvalue weighted by Crippen LogP contribution is 2.30. The van der Waals surface area contributed by atoms with Crippen LogP contribution in [0.5, 0.6) is 0 Å². The summed E-state index contributed by atoms with van der Waals surface area (Å²) in [5.41, 5.74) is 3.50. The fourth-order valence-corrected chi connectivity index (χ4v) is 3.50. The molecule has 3 aromatic heterocycles. The van der Waals surface area contributed by atoms with E-state index in [0.717, 1.165) is 46.8 Å². The Morgan fingerprint density at radius 3 is 2.60 bits per heavy atom. The summed E-state index contributed by atoms with van der Waals surface area (Å²) >= 11 is 0. The summed E-state index contributed by atoms with van der Waals surface area (Å²) in [6, 6.07) is 0. The van der Waals surface area contributed by atoms with Crippen molar-refractivity contribution in [2.45, 2.75) is 39.7 Å². The van der Waals surface area contributed by atoms with Crippen LogP contribution in [0.4, 0.5) is 0 Å². The summed E-state index contributed by atoms with van der Waals surface area (Å²) in [6.07, 6.45) is 7.42. The van der Waals surface area contributed by atoms with E-state index in [1.807, 2.05) is 24.7 Å². The van der Waals surface area contributed by atoms with Gasteiger partial charge in [0.25, 0.3) is 0 Å². The number of piperidine rings is 1. The maximum Gasteiger partial charge on any atom is 0.161 e. The number of nitrogens with zero attached hydrogens (tertiary/aromatic N) is 6. The van der Waals surface area contributed by atoms with Crippen LogP contribution in [0.1, 0.15) is 30.7 Å². The van der Waals surface area contributed by atoms with E-state index < -0.39 is 0 Å². The van der Waals surface area contributed by atoms with Gasteiger partial charge < -0.3 is 9.42 Å². The summed E-state index contributed by atoms with van der Waals surface area (Å²) in [4.78, 5) is 11.4. The summed E-state index contributed by atoms with van der Waals surface area (Å²) in [5.74, 6) is 0.772. The number of aromatic nitrogens is 5. The monoisotopic (exact) mass is 362 g/mol. The second kappa shape index (κ2) is 7.49. The molecule has 25 heavy (non-hydrogen) atoms. The lowest BCUT2D eigenvalue weighted by Crippen LogP contribution is -2.32. The fourth-order valence-electron chi connectivity index (χ4n) is 3.50. The molecule has 134 valence electrons. The average Bonchev–Trinajstić information content (AvgIpc) is 3.17. The van der Waals surface area contributed by atoms with E-state index in [0.29, 0.717) is 0 Å². The molecule has 0 N–H and O–H groups in total. The first kappa shape index (κ1) is 17.8. The maximum absolute atomic E-state index is 5.29. The van der Waals surface area contributed by atoms with Gasteiger partial charge in [-0.1, -0.05) is 11.6 Å². The van der Waals surface area contributed by atoms with E-state index in [1.165, 1.54) is 32.4 Å². The quantitative estimate of drug-likeness (QED) is 0.710. The van der Waals surface area contributed by atoms with E-state index in [2.05, 4.69) is 25.1 Å². The molecule has 1 saturated heterocycles. The van der Waals surface area contributed by atoms with E-state index in [-0.39, 0.29) is 12.4 Å². The molecule has 4 heterocycles. The third-order valence-corrected chi connectivity index (χ3v) is 4.78. The van der Waals surface area contributed by atoms with Crippen LogP contribution in [0.3, 0.4) is 0 Å². The van der Waals surface area contributed by atoms with Crippen molar-refractivity contribution in [2.24, 2.45) is 0 Å². The highest BCUT2D eigenvalue weighted by Gasteiger charge is 2.18. The fraction of sp³-hybridized carbons (Fsp3) is 0.529. The Bertz CT molecular complexity index is 833. The van der Waals surface area contributed by atoms with Crippen molar-refractivity contribution in [1.82, 2.24) is 29.8 Å². The van der Waals surface area contributed by atoms with Gasteiger partial charge in [-0.2, -0.15) is 5.10 Å². The molecule has 3 aromatic rings. The predicted octanol–water partition coefficient (Wildman–Crippen LogP) is 3.01. The molecule has 0 aliphatic carbocycles. The average molecular weight is 363 g/mol. The minimum atomic E-state index is 0. The van der Waals surface area contributed by atoms with Crippen LogP contribution in [0, 0.1) is 13.8 Å². The highest BCUT2D eigenvalue weighted by atomic mass is 35.5. The van der Waals surface area contributed by atoms with Crippen molar-refractivity contribution in [2.75, 3.05) is 19.6 Å². The number of hydrogen-bond acceptors (Lipinski definition) is 6. The van der Waals surface area contributed by atoms with Crippen LogP contribution >= 0.6 is 12.4 Å². The molecule has 4 rings (SSSR count). The largest absolute Gasteiger partial charge is 0.361 e. The molecule has 0 bridgehead atoms. The van der Waals surface area contributed by atoms with Gasteiger partial charge in [-0.3, -0.25) is 0 Å². The van der Waals surface area contributed by atoms with Crippen molar-refractivity contribution in [3.63, 3.8) is 0 Å². The van der Waals surface area contributed by atoms with Gasteiger partial charge in [-0.15, -0.1) is 12.4 Å². The summed E-state index contributed by atoms with van der Waals surface area (Å²) < 4.78 is 7.27. The van der Waals surface area contributed by atoms with Crippen molar-refractivity contribution >= 4 is 23.4 Å². The Morgan fingerprint density at radius 2 is 1.88 bits per heavy atom. The standard InChI is InChI=1S/C17H22N6O.ClH/c1-12-15(13(2)24-21-12)16-14-10-20-23(17(14)19-11-18-16)9-8-22-6-4-3-5-7-22;/h10-11H,3-9H2,1-2H3;1H. The minimum Gasteiger partial charge on any atom is -0.361 e. The third kappa shape index (κ3) is 3.39.